The first-order valence-electron chi connectivity index (χ1n) is 12.9. The molecule has 0 spiro atoms. The molecule has 5 nitrogen and oxygen atoms in total. The predicted octanol–water partition coefficient (Wildman–Crippen LogP) is 6.82. The van der Waals surface area contributed by atoms with Gasteiger partial charge in [-0.25, -0.2) is 0 Å². The number of ether oxygens (including phenoxy) is 3. The van der Waals surface area contributed by atoms with Gasteiger partial charge in [0.15, 0.2) is 11.5 Å². The summed E-state index contributed by atoms with van der Waals surface area (Å²) in [5.74, 6) is 1.90. The van der Waals surface area contributed by atoms with E-state index < -0.39 is 8.32 Å². The van der Waals surface area contributed by atoms with E-state index in [1.165, 1.54) is 10.8 Å². The van der Waals surface area contributed by atoms with Gasteiger partial charge in [0.05, 0.1) is 33.1 Å². The van der Waals surface area contributed by atoms with E-state index in [9.17, 15) is 0 Å². The Kier molecular flexibility index (Phi) is 7.76. The Morgan fingerprint density at radius 2 is 1.50 bits per heavy atom. The molecule has 2 aromatic carbocycles. The SMILES string of the molecule is CC[C@H]1O[Si](C(C)C)(C(C)C)c2c1cc(Cc1cc(OC)c(OC)c(OC)c1)nc2-c1ccccc1. The van der Waals surface area contributed by atoms with Crippen LogP contribution >= 0.6 is 0 Å². The summed E-state index contributed by atoms with van der Waals surface area (Å²) >= 11 is 0. The average Bonchev–Trinajstić information content (AvgIpc) is 3.24. The van der Waals surface area contributed by atoms with Crippen LogP contribution in [0.1, 0.15) is 64.0 Å². The van der Waals surface area contributed by atoms with Crippen LogP contribution in [0.2, 0.25) is 11.1 Å². The fourth-order valence-corrected chi connectivity index (χ4v) is 11.0. The molecule has 0 saturated heterocycles. The van der Waals surface area contributed by atoms with Crippen molar-refractivity contribution in [2.75, 3.05) is 21.3 Å². The van der Waals surface area contributed by atoms with Crippen molar-refractivity contribution in [2.24, 2.45) is 0 Å². The molecule has 1 aromatic heterocycles. The Labute approximate surface area is 216 Å². The van der Waals surface area contributed by atoms with Gasteiger partial charge in [0.25, 0.3) is 0 Å². The van der Waals surface area contributed by atoms with Crippen molar-refractivity contribution in [2.45, 2.75) is 64.6 Å². The van der Waals surface area contributed by atoms with E-state index in [1.54, 1.807) is 21.3 Å². The van der Waals surface area contributed by atoms with E-state index in [4.69, 9.17) is 23.6 Å². The summed E-state index contributed by atoms with van der Waals surface area (Å²) in [4.78, 5) is 5.33. The molecule has 192 valence electrons. The topological polar surface area (TPSA) is 49.8 Å². The van der Waals surface area contributed by atoms with Gasteiger partial charge in [-0.05, 0) is 46.8 Å². The standard InChI is InChI=1S/C30H39NO4Si/c1-9-25-24-18-23(15-21-16-26(32-6)29(34-8)27(17-21)33-7)31-28(22-13-11-10-12-14-22)30(24)36(35-25,19(2)3)20(4)5/h10-14,16-20,25H,9,15H2,1-8H3/t25-/m1/s1. The molecule has 0 saturated carbocycles. The van der Waals surface area contributed by atoms with Gasteiger partial charge < -0.3 is 18.6 Å². The molecule has 36 heavy (non-hydrogen) atoms. The summed E-state index contributed by atoms with van der Waals surface area (Å²) in [5.41, 5.74) is 6.51. The van der Waals surface area contributed by atoms with Crippen molar-refractivity contribution >= 4 is 13.5 Å². The molecule has 1 aliphatic rings. The summed E-state index contributed by atoms with van der Waals surface area (Å²) < 4.78 is 23.8. The lowest BCUT2D eigenvalue weighted by atomic mass is 10.00. The molecule has 0 aliphatic carbocycles. The summed E-state index contributed by atoms with van der Waals surface area (Å²) in [7, 11) is 2.62. The highest BCUT2D eigenvalue weighted by molar-refractivity contribution is 6.90. The molecule has 0 bridgehead atoms. The van der Waals surface area contributed by atoms with Gasteiger partial charge in [-0.15, -0.1) is 0 Å². The van der Waals surface area contributed by atoms with Gasteiger partial charge in [0, 0.05) is 22.9 Å². The van der Waals surface area contributed by atoms with Crippen molar-refractivity contribution < 1.29 is 18.6 Å². The van der Waals surface area contributed by atoms with Crippen molar-refractivity contribution in [1.82, 2.24) is 4.98 Å². The Hall–Kier alpha value is -2.83. The minimum absolute atomic E-state index is 0.0978. The zero-order valence-corrected chi connectivity index (χ0v) is 23.8. The Morgan fingerprint density at radius 1 is 0.889 bits per heavy atom. The number of nitrogens with zero attached hydrogens (tertiary/aromatic N) is 1. The first-order chi connectivity index (χ1) is 17.3. The minimum Gasteiger partial charge on any atom is -0.493 e. The molecule has 6 heteroatoms. The normalized spacial score (nSPS) is 16.3. The Morgan fingerprint density at radius 3 is 2.00 bits per heavy atom. The fourth-order valence-electron chi connectivity index (χ4n) is 5.80. The number of fused-ring (bicyclic) bond motifs is 1. The van der Waals surface area contributed by atoms with Gasteiger partial charge in [-0.2, -0.15) is 0 Å². The highest BCUT2D eigenvalue weighted by Crippen LogP contribution is 2.46. The maximum Gasteiger partial charge on any atom is 0.232 e. The molecule has 1 atom stereocenters. The summed E-state index contributed by atoms with van der Waals surface area (Å²) in [6.45, 7) is 11.5. The maximum absolute atomic E-state index is 7.10. The van der Waals surface area contributed by atoms with E-state index in [2.05, 4.69) is 71.0 Å². The van der Waals surface area contributed by atoms with Crippen LogP contribution in [-0.4, -0.2) is 34.6 Å². The number of hydrogen-bond acceptors (Lipinski definition) is 5. The third kappa shape index (κ3) is 4.41. The van der Waals surface area contributed by atoms with Crippen LogP contribution in [0.25, 0.3) is 11.3 Å². The number of rotatable bonds is 9. The highest BCUT2D eigenvalue weighted by atomic mass is 28.4. The molecule has 1 aliphatic heterocycles. The zero-order valence-electron chi connectivity index (χ0n) is 22.8. The van der Waals surface area contributed by atoms with Crippen LogP contribution in [-0.2, 0) is 10.8 Å². The number of hydrogen-bond donors (Lipinski definition) is 0. The van der Waals surface area contributed by atoms with Crippen molar-refractivity contribution in [3.63, 3.8) is 0 Å². The second-order valence-corrected chi connectivity index (χ2v) is 14.8. The van der Waals surface area contributed by atoms with Crippen molar-refractivity contribution in [3.05, 3.63) is 65.4 Å². The van der Waals surface area contributed by atoms with Gasteiger partial charge >= 0.3 is 0 Å². The van der Waals surface area contributed by atoms with Crippen molar-refractivity contribution in [3.8, 4) is 28.5 Å². The third-order valence-electron chi connectivity index (χ3n) is 7.42. The smallest absolute Gasteiger partial charge is 0.232 e. The molecule has 3 aromatic rings. The van der Waals surface area contributed by atoms with E-state index in [1.807, 2.05) is 12.1 Å². The van der Waals surface area contributed by atoms with Gasteiger partial charge in [0.1, 0.15) is 0 Å². The molecule has 2 heterocycles. The highest BCUT2D eigenvalue weighted by Gasteiger charge is 2.53. The predicted molar refractivity (Wildman–Crippen MR) is 148 cm³/mol. The first-order valence-corrected chi connectivity index (χ1v) is 14.9. The van der Waals surface area contributed by atoms with E-state index >= 15 is 0 Å². The molecule has 0 fully saturated rings. The first kappa shape index (κ1) is 26.2. The number of aromatic nitrogens is 1. The number of methoxy groups -OCH3 is 3. The largest absolute Gasteiger partial charge is 0.493 e. The number of pyridine rings is 1. The lowest BCUT2D eigenvalue weighted by Crippen LogP contribution is -2.53. The monoisotopic (exact) mass is 505 g/mol. The van der Waals surface area contributed by atoms with Crippen LogP contribution in [0.5, 0.6) is 17.2 Å². The molecule has 4 rings (SSSR count). The molecular weight excluding hydrogens is 466 g/mol. The van der Waals surface area contributed by atoms with E-state index in [-0.39, 0.29) is 6.10 Å². The van der Waals surface area contributed by atoms with Crippen LogP contribution in [0.3, 0.4) is 0 Å². The van der Waals surface area contributed by atoms with E-state index in [0.717, 1.165) is 28.9 Å². The molecular formula is C30H39NO4Si. The quantitative estimate of drug-likeness (QED) is 0.299. The van der Waals surface area contributed by atoms with Gasteiger partial charge in [-0.1, -0.05) is 65.0 Å². The average molecular weight is 506 g/mol. The number of benzene rings is 2. The fraction of sp³-hybridized carbons (Fsp3) is 0.433. The van der Waals surface area contributed by atoms with Gasteiger partial charge in [0.2, 0.25) is 14.1 Å². The maximum atomic E-state index is 7.10. The molecule has 0 radical (unpaired) electrons. The lowest BCUT2D eigenvalue weighted by Gasteiger charge is -2.36. The van der Waals surface area contributed by atoms with Crippen LogP contribution in [0.4, 0.5) is 0 Å². The van der Waals surface area contributed by atoms with Crippen LogP contribution in [0.15, 0.2) is 48.5 Å². The molecule has 0 unspecified atom stereocenters. The molecule has 0 N–H and O–H groups in total. The summed E-state index contributed by atoms with van der Waals surface area (Å²) in [6, 6.07) is 16.9. The minimum atomic E-state index is -2.29. The second kappa shape index (κ2) is 10.6. The van der Waals surface area contributed by atoms with E-state index in [0.29, 0.717) is 34.8 Å². The van der Waals surface area contributed by atoms with Crippen molar-refractivity contribution in [1.29, 1.82) is 0 Å². The third-order valence-corrected chi connectivity index (χ3v) is 12.8. The van der Waals surface area contributed by atoms with Crippen LogP contribution < -0.4 is 19.4 Å². The van der Waals surface area contributed by atoms with Crippen LogP contribution in [0, 0.1) is 0 Å². The Balaban J connectivity index is 1.93. The summed E-state index contributed by atoms with van der Waals surface area (Å²) in [5, 5.41) is 1.39. The zero-order chi connectivity index (χ0) is 26.0. The van der Waals surface area contributed by atoms with Gasteiger partial charge in [-0.3, -0.25) is 4.98 Å². The lowest BCUT2D eigenvalue weighted by molar-refractivity contribution is 0.198. The molecule has 0 amide bonds. The Bertz CT molecular complexity index is 1180. The second-order valence-electron chi connectivity index (χ2n) is 10.1. The summed E-state index contributed by atoms with van der Waals surface area (Å²) in [6.07, 6.45) is 1.70.